The van der Waals surface area contributed by atoms with Crippen molar-refractivity contribution in [3.8, 4) is 0 Å². The smallest absolute Gasteiger partial charge is 0.462 e. The lowest BCUT2D eigenvalue weighted by atomic mass is 9.85. The SMILES string of the molecule is CCCCCCCCCCCCCCCCC(=O)OC[C@H](COP(=O)(O)OC1[C@H](O)[C@H](OP(=O)(O)O)C(OP(=O)(O)O)[C@H](OP(=O)(O)O)[C@H]1O)OC(=O)CCCCCCC. The van der Waals surface area contributed by atoms with Gasteiger partial charge in [-0.05, 0) is 12.8 Å². The Labute approximate surface area is 351 Å². The minimum Gasteiger partial charge on any atom is -0.462 e. The molecule has 1 aliphatic carbocycles. The zero-order chi connectivity index (χ0) is 45.4. The Morgan fingerprint density at radius 3 is 1.20 bits per heavy atom. The molecule has 0 amide bonds. The lowest BCUT2D eigenvalue weighted by Gasteiger charge is -2.45. The fourth-order valence-corrected chi connectivity index (χ4v) is 9.09. The van der Waals surface area contributed by atoms with Crippen LogP contribution in [0.2, 0.25) is 0 Å². The van der Waals surface area contributed by atoms with E-state index in [1.165, 1.54) is 51.4 Å². The Kier molecular flexibility index (Phi) is 28.4. The monoisotopic (exact) mass is 952 g/mol. The van der Waals surface area contributed by atoms with Crippen molar-refractivity contribution in [1.29, 1.82) is 0 Å². The van der Waals surface area contributed by atoms with Gasteiger partial charge in [-0.3, -0.25) is 32.2 Å². The topological polar surface area (TPSA) is 349 Å². The van der Waals surface area contributed by atoms with Gasteiger partial charge in [-0.15, -0.1) is 0 Å². The van der Waals surface area contributed by atoms with Gasteiger partial charge in [0.05, 0.1) is 6.61 Å². The van der Waals surface area contributed by atoms with E-state index in [1.54, 1.807) is 0 Å². The Hall–Kier alpha value is -0.700. The van der Waals surface area contributed by atoms with Gasteiger partial charge in [-0.25, -0.2) is 18.3 Å². The quantitative estimate of drug-likeness (QED) is 0.0220. The van der Waals surface area contributed by atoms with Gasteiger partial charge in [0.1, 0.15) is 43.2 Å². The molecule has 356 valence electrons. The number of phosphoric ester groups is 4. The first kappa shape index (κ1) is 57.3. The van der Waals surface area contributed by atoms with Gasteiger partial charge < -0.3 is 53.9 Å². The molecule has 1 saturated carbocycles. The van der Waals surface area contributed by atoms with Crippen molar-refractivity contribution in [2.24, 2.45) is 0 Å². The predicted molar refractivity (Wildman–Crippen MR) is 213 cm³/mol. The van der Waals surface area contributed by atoms with Gasteiger partial charge in [-0.1, -0.05) is 123 Å². The normalized spacial score (nSPS) is 22.9. The summed E-state index contributed by atoms with van der Waals surface area (Å²) in [6.45, 7) is 2.58. The molecule has 9 N–H and O–H groups in total. The standard InChI is InChI=1S/C34H68O22P4/c1-3-5-7-9-10-11-12-13-14-15-16-17-19-20-22-27(35)50-24-26(52-28(36)23-21-18-8-6-4-2)25-51-60(48,49)56-31-29(37)32(53-57(39,40)41)34(55-59(45,46)47)33(30(31)38)54-58(42,43)44/h26,29-34,37-38H,3-25H2,1-2H3,(H,48,49)(H2,39,40,41)(H2,42,43,44)(H2,45,46,47)/t26-,29+,30+,31?,32-,33+,34?/m1/s1. The highest BCUT2D eigenvalue weighted by Gasteiger charge is 2.59. The molecule has 8 atom stereocenters. The van der Waals surface area contributed by atoms with Crippen LogP contribution in [0.5, 0.6) is 0 Å². The lowest BCUT2D eigenvalue weighted by molar-refractivity contribution is -0.209. The van der Waals surface area contributed by atoms with E-state index in [0.29, 0.717) is 19.3 Å². The van der Waals surface area contributed by atoms with Crippen molar-refractivity contribution in [1.82, 2.24) is 0 Å². The summed E-state index contributed by atoms with van der Waals surface area (Å²) in [6, 6.07) is 0. The third-order valence-electron chi connectivity index (χ3n) is 9.40. The van der Waals surface area contributed by atoms with Crippen LogP contribution in [-0.2, 0) is 59.9 Å². The highest BCUT2D eigenvalue weighted by atomic mass is 31.2. The second-order valence-corrected chi connectivity index (χ2v) is 19.8. The molecule has 1 rings (SSSR count). The number of hydrogen-bond acceptors (Lipinski definition) is 15. The Morgan fingerprint density at radius 2 is 0.817 bits per heavy atom. The summed E-state index contributed by atoms with van der Waals surface area (Å²) in [6.07, 6.45) is 1.69. The maximum Gasteiger partial charge on any atom is 0.472 e. The molecule has 3 unspecified atom stereocenters. The van der Waals surface area contributed by atoms with E-state index >= 15 is 0 Å². The number of rotatable bonds is 35. The predicted octanol–water partition coefficient (Wildman–Crippen LogP) is 5.34. The molecule has 0 saturated heterocycles. The van der Waals surface area contributed by atoms with Gasteiger partial charge in [-0.2, -0.15) is 0 Å². The van der Waals surface area contributed by atoms with Crippen LogP contribution in [0.3, 0.4) is 0 Å². The molecule has 0 bridgehead atoms. The second kappa shape index (κ2) is 29.7. The second-order valence-electron chi connectivity index (χ2n) is 14.8. The third-order valence-corrected chi connectivity index (χ3v) is 11.9. The van der Waals surface area contributed by atoms with E-state index in [-0.39, 0.29) is 12.8 Å². The summed E-state index contributed by atoms with van der Waals surface area (Å²) in [4.78, 5) is 91.9. The summed E-state index contributed by atoms with van der Waals surface area (Å²) < 4.78 is 81.4. The Bertz CT molecular complexity index is 1360. The maximum atomic E-state index is 13.1. The molecule has 0 aromatic heterocycles. The molecule has 60 heavy (non-hydrogen) atoms. The van der Waals surface area contributed by atoms with Crippen molar-refractivity contribution >= 4 is 43.2 Å². The van der Waals surface area contributed by atoms with Crippen LogP contribution in [0.25, 0.3) is 0 Å². The molecule has 0 aromatic rings. The molecule has 0 aliphatic heterocycles. The number of ether oxygens (including phenoxy) is 2. The molecular formula is C34H68O22P4. The molecule has 22 nitrogen and oxygen atoms in total. The number of aliphatic hydroxyl groups is 2. The maximum absolute atomic E-state index is 13.1. The minimum absolute atomic E-state index is 0.0401. The van der Waals surface area contributed by atoms with Crippen LogP contribution in [0.4, 0.5) is 0 Å². The fraction of sp³-hybridized carbons (Fsp3) is 0.941. The first-order valence-corrected chi connectivity index (χ1v) is 26.7. The number of carbonyl (C=O) groups excluding carboxylic acids is 2. The number of carbonyl (C=O) groups is 2. The number of hydrogen-bond donors (Lipinski definition) is 9. The van der Waals surface area contributed by atoms with Crippen molar-refractivity contribution in [3.63, 3.8) is 0 Å². The lowest BCUT2D eigenvalue weighted by Crippen LogP contribution is -2.65. The van der Waals surface area contributed by atoms with Gasteiger partial charge in [0, 0.05) is 12.8 Å². The van der Waals surface area contributed by atoms with Gasteiger partial charge in [0.15, 0.2) is 6.10 Å². The van der Waals surface area contributed by atoms with Crippen LogP contribution >= 0.6 is 31.3 Å². The van der Waals surface area contributed by atoms with E-state index in [2.05, 4.69) is 20.5 Å². The molecule has 0 heterocycles. The van der Waals surface area contributed by atoms with Crippen LogP contribution in [-0.4, -0.2) is 112 Å². The molecule has 1 aliphatic rings. The van der Waals surface area contributed by atoms with Crippen LogP contribution in [0, 0.1) is 0 Å². The summed E-state index contributed by atoms with van der Waals surface area (Å²) >= 11 is 0. The molecular weight excluding hydrogens is 884 g/mol. The van der Waals surface area contributed by atoms with Crippen LogP contribution in [0.1, 0.15) is 149 Å². The minimum atomic E-state index is -5.77. The summed E-state index contributed by atoms with van der Waals surface area (Å²) in [5, 5.41) is 21.7. The number of aliphatic hydroxyl groups excluding tert-OH is 2. The van der Waals surface area contributed by atoms with Crippen LogP contribution < -0.4 is 0 Å². The first-order valence-electron chi connectivity index (χ1n) is 20.6. The average molecular weight is 953 g/mol. The molecule has 26 heteroatoms. The highest BCUT2D eigenvalue weighted by Crippen LogP contribution is 2.53. The summed E-state index contributed by atoms with van der Waals surface area (Å²) in [5.41, 5.74) is 0. The van der Waals surface area contributed by atoms with E-state index < -0.39 is 99.2 Å². The average Bonchev–Trinajstić information content (AvgIpc) is 3.13. The number of unbranched alkanes of at least 4 members (excludes halogenated alkanes) is 17. The fourth-order valence-electron chi connectivity index (χ4n) is 6.43. The van der Waals surface area contributed by atoms with Gasteiger partial charge in [0.2, 0.25) is 0 Å². The largest absolute Gasteiger partial charge is 0.472 e. The highest BCUT2D eigenvalue weighted by molar-refractivity contribution is 7.47. The van der Waals surface area contributed by atoms with Crippen LogP contribution in [0.15, 0.2) is 0 Å². The molecule has 0 spiro atoms. The number of phosphoric acid groups is 4. The van der Waals surface area contributed by atoms with E-state index in [4.69, 9.17) is 18.5 Å². The van der Waals surface area contributed by atoms with Gasteiger partial charge >= 0.3 is 43.2 Å². The zero-order valence-electron chi connectivity index (χ0n) is 34.4. The van der Waals surface area contributed by atoms with E-state index in [0.717, 1.165) is 51.4 Å². The zero-order valence-corrected chi connectivity index (χ0v) is 38.0. The Balaban J connectivity index is 2.91. The molecule has 0 aromatic carbocycles. The van der Waals surface area contributed by atoms with Crippen molar-refractivity contribution in [3.05, 3.63) is 0 Å². The first-order chi connectivity index (χ1) is 28.0. The molecule has 1 fully saturated rings. The van der Waals surface area contributed by atoms with Crippen molar-refractivity contribution < 1.29 is 104 Å². The van der Waals surface area contributed by atoms with Gasteiger partial charge in [0.25, 0.3) is 0 Å². The Morgan fingerprint density at radius 1 is 0.467 bits per heavy atom. The van der Waals surface area contributed by atoms with Crippen molar-refractivity contribution in [2.75, 3.05) is 13.2 Å². The third kappa shape index (κ3) is 27.5. The molecule has 0 radical (unpaired) electrons. The summed E-state index contributed by atoms with van der Waals surface area (Å²) in [7, 11) is -22.9. The summed E-state index contributed by atoms with van der Waals surface area (Å²) in [5.74, 6) is -1.41. The number of esters is 2. The van der Waals surface area contributed by atoms with E-state index in [1.807, 2.05) is 6.92 Å². The van der Waals surface area contributed by atoms with E-state index in [9.17, 15) is 72.3 Å². The van der Waals surface area contributed by atoms with Crippen molar-refractivity contribution in [2.45, 2.75) is 191 Å².